The number of nitrogens with zero attached hydrogens (tertiary/aromatic N) is 2. The average Bonchev–Trinajstić information content (AvgIpc) is 2.79. The lowest BCUT2D eigenvalue weighted by Crippen LogP contribution is -2.49. The number of carbonyl (C=O) groups is 1. The highest BCUT2D eigenvalue weighted by atomic mass is 16.5. The topological polar surface area (TPSA) is 53.9 Å². The van der Waals surface area contributed by atoms with Crippen LogP contribution in [0.15, 0.2) is 35.3 Å². The van der Waals surface area contributed by atoms with Gasteiger partial charge in [-0.1, -0.05) is 30.3 Å². The maximum atomic E-state index is 12.0. The van der Waals surface area contributed by atoms with Crippen molar-refractivity contribution in [1.29, 1.82) is 0 Å². The Morgan fingerprint density at radius 1 is 1.30 bits per heavy atom. The first kappa shape index (κ1) is 13.1. The normalized spacial score (nSPS) is 23.9. The third-order valence-electron chi connectivity index (χ3n) is 4.04. The van der Waals surface area contributed by atoms with E-state index in [9.17, 15) is 4.79 Å². The molecule has 0 saturated carbocycles. The van der Waals surface area contributed by atoms with Crippen LogP contribution in [0.5, 0.6) is 0 Å². The molecular weight excluding hydrogens is 254 g/mol. The Balaban J connectivity index is 1.61. The molecule has 0 aliphatic carbocycles. The van der Waals surface area contributed by atoms with Crippen molar-refractivity contribution >= 4 is 11.9 Å². The van der Waals surface area contributed by atoms with Gasteiger partial charge in [-0.25, -0.2) is 4.99 Å². The van der Waals surface area contributed by atoms with Crippen molar-refractivity contribution in [1.82, 2.24) is 10.2 Å². The van der Waals surface area contributed by atoms with Crippen molar-refractivity contribution in [3.05, 3.63) is 35.9 Å². The number of likely N-dealkylation sites (tertiary alicyclic amines) is 1. The SMILES string of the molecule is CN=C1NC(=O)C2(CCN(Cc3ccccc3)CC2)O1. The number of hydrogen-bond acceptors (Lipinski definition) is 4. The summed E-state index contributed by atoms with van der Waals surface area (Å²) in [5.41, 5.74) is 0.609. The molecule has 5 nitrogen and oxygen atoms in total. The van der Waals surface area contributed by atoms with Crippen LogP contribution in [0.2, 0.25) is 0 Å². The minimum atomic E-state index is -0.692. The molecule has 1 aromatic carbocycles. The van der Waals surface area contributed by atoms with Gasteiger partial charge in [0.05, 0.1) is 0 Å². The highest BCUT2D eigenvalue weighted by Crippen LogP contribution is 2.30. The molecule has 0 aromatic heterocycles. The Morgan fingerprint density at radius 2 is 2.00 bits per heavy atom. The highest BCUT2D eigenvalue weighted by Gasteiger charge is 2.49. The fourth-order valence-electron chi connectivity index (χ4n) is 2.81. The number of ether oxygens (including phenoxy) is 1. The number of rotatable bonds is 2. The third-order valence-corrected chi connectivity index (χ3v) is 4.04. The summed E-state index contributed by atoms with van der Waals surface area (Å²) in [4.78, 5) is 18.3. The molecule has 0 radical (unpaired) electrons. The highest BCUT2D eigenvalue weighted by molar-refractivity contribution is 6.04. The molecule has 0 bridgehead atoms. The molecule has 2 aliphatic heterocycles. The van der Waals surface area contributed by atoms with Gasteiger partial charge in [-0.3, -0.25) is 15.0 Å². The van der Waals surface area contributed by atoms with E-state index >= 15 is 0 Å². The second-order valence-corrected chi connectivity index (χ2v) is 5.34. The molecule has 2 fully saturated rings. The Labute approximate surface area is 118 Å². The van der Waals surface area contributed by atoms with Crippen molar-refractivity contribution in [2.24, 2.45) is 4.99 Å². The van der Waals surface area contributed by atoms with Gasteiger partial charge in [0.2, 0.25) is 0 Å². The predicted octanol–water partition coefficient (Wildman–Crippen LogP) is 1.15. The van der Waals surface area contributed by atoms with Crippen molar-refractivity contribution in [3.8, 4) is 0 Å². The average molecular weight is 273 g/mol. The summed E-state index contributed by atoms with van der Waals surface area (Å²) in [6.45, 7) is 2.64. The molecular formula is C15H19N3O2. The minimum absolute atomic E-state index is 0.0440. The van der Waals surface area contributed by atoms with Crippen LogP contribution >= 0.6 is 0 Å². The molecule has 1 aromatic rings. The van der Waals surface area contributed by atoms with Crippen LogP contribution in [0, 0.1) is 0 Å². The molecule has 2 aliphatic rings. The van der Waals surface area contributed by atoms with E-state index in [1.807, 2.05) is 6.07 Å². The van der Waals surface area contributed by atoms with Crippen molar-refractivity contribution in [2.75, 3.05) is 20.1 Å². The first-order valence-electron chi connectivity index (χ1n) is 6.95. The molecule has 106 valence electrons. The van der Waals surface area contributed by atoms with Gasteiger partial charge < -0.3 is 4.74 Å². The number of amides is 1. The van der Waals surface area contributed by atoms with E-state index in [0.29, 0.717) is 18.9 Å². The Bertz CT molecular complexity index is 519. The summed E-state index contributed by atoms with van der Waals surface area (Å²) in [6, 6.07) is 10.7. The van der Waals surface area contributed by atoms with E-state index in [0.717, 1.165) is 19.6 Å². The Morgan fingerprint density at radius 3 is 2.60 bits per heavy atom. The predicted molar refractivity (Wildman–Crippen MR) is 76.3 cm³/mol. The number of carbonyl (C=O) groups excluding carboxylic acids is 1. The van der Waals surface area contributed by atoms with Crippen LogP contribution in [0.4, 0.5) is 0 Å². The smallest absolute Gasteiger partial charge is 0.292 e. The zero-order valence-corrected chi connectivity index (χ0v) is 11.6. The van der Waals surface area contributed by atoms with Gasteiger partial charge in [0.15, 0.2) is 5.60 Å². The monoisotopic (exact) mass is 273 g/mol. The van der Waals surface area contributed by atoms with E-state index in [1.165, 1.54) is 5.56 Å². The third kappa shape index (κ3) is 2.41. The van der Waals surface area contributed by atoms with Crippen molar-refractivity contribution in [2.45, 2.75) is 25.0 Å². The van der Waals surface area contributed by atoms with Crippen LogP contribution in [-0.4, -0.2) is 42.6 Å². The summed E-state index contributed by atoms with van der Waals surface area (Å²) in [7, 11) is 1.62. The van der Waals surface area contributed by atoms with E-state index in [4.69, 9.17) is 4.74 Å². The van der Waals surface area contributed by atoms with E-state index in [-0.39, 0.29) is 5.91 Å². The molecule has 2 saturated heterocycles. The maximum absolute atomic E-state index is 12.0. The molecule has 20 heavy (non-hydrogen) atoms. The second-order valence-electron chi connectivity index (χ2n) is 5.34. The molecule has 0 unspecified atom stereocenters. The number of aliphatic imine (C=N–C) groups is 1. The van der Waals surface area contributed by atoms with Gasteiger partial charge in [0, 0.05) is 39.5 Å². The standard InChI is InChI=1S/C15H19N3O2/c1-16-14-17-13(19)15(20-14)7-9-18(10-8-15)11-12-5-3-2-4-6-12/h2-6H,7-11H2,1H3,(H,16,17,19). The number of piperidine rings is 1. The molecule has 0 atom stereocenters. The van der Waals surface area contributed by atoms with Crippen LogP contribution < -0.4 is 5.32 Å². The van der Waals surface area contributed by atoms with Crippen LogP contribution in [0.3, 0.4) is 0 Å². The zero-order valence-electron chi connectivity index (χ0n) is 11.6. The number of benzene rings is 1. The van der Waals surface area contributed by atoms with Gasteiger partial charge >= 0.3 is 0 Å². The lowest BCUT2D eigenvalue weighted by Gasteiger charge is -2.36. The summed E-state index contributed by atoms with van der Waals surface area (Å²) in [5, 5.41) is 2.70. The number of hydrogen-bond donors (Lipinski definition) is 1. The Kier molecular flexibility index (Phi) is 3.44. The number of amidine groups is 1. The quantitative estimate of drug-likeness (QED) is 0.879. The lowest BCUT2D eigenvalue weighted by molar-refractivity contribution is -0.134. The summed E-state index contributed by atoms with van der Waals surface area (Å²) in [5.74, 6) is -0.0440. The molecule has 1 spiro atoms. The second kappa shape index (κ2) is 5.25. The molecule has 1 amide bonds. The Hall–Kier alpha value is -1.88. The lowest BCUT2D eigenvalue weighted by atomic mass is 9.90. The zero-order chi connectivity index (χ0) is 14.0. The molecule has 5 heteroatoms. The summed E-state index contributed by atoms with van der Waals surface area (Å²) < 4.78 is 5.71. The van der Waals surface area contributed by atoms with Crippen LogP contribution in [-0.2, 0) is 16.1 Å². The fourth-order valence-corrected chi connectivity index (χ4v) is 2.81. The first-order chi connectivity index (χ1) is 9.72. The van der Waals surface area contributed by atoms with Gasteiger partial charge in [-0.2, -0.15) is 0 Å². The van der Waals surface area contributed by atoms with Gasteiger partial charge in [-0.05, 0) is 5.56 Å². The molecule has 1 N–H and O–H groups in total. The molecule has 2 heterocycles. The fraction of sp³-hybridized carbons (Fsp3) is 0.467. The van der Waals surface area contributed by atoms with Crippen LogP contribution in [0.1, 0.15) is 18.4 Å². The summed E-state index contributed by atoms with van der Waals surface area (Å²) >= 11 is 0. The largest absolute Gasteiger partial charge is 0.448 e. The van der Waals surface area contributed by atoms with E-state index < -0.39 is 5.60 Å². The first-order valence-corrected chi connectivity index (χ1v) is 6.95. The van der Waals surface area contributed by atoms with E-state index in [2.05, 4.69) is 39.5 Å². The van der Waals surface area contributed by atoms with E-state index in [1.54, 1.807) is 7.05 Å². The number of nitrogens with one attached hydrogen (secondary N) is 1. The minimum Gasteiger partial charge on any atom is -0.448 e. The summed E-state index contributed by atoms with van der Waals surface area (Å²) in [6.07, 6.45) is 1.43. The van der Waals surface area contributed by atoms with Gasteiger partial charge in [0.1, 0.15) is 0 Å². The molecule has 3 rings (SSSR count). The van der Waals surface area contributed by atoms with Gasteiger partial charge in [0.25, 0.3) is 11.9 Å². The maximum Gasteiger partial charge on any atom is 0.292 e. The van der Waals surface area contributed by atoms with Crippen LogP contribution in [0.25, 0.3) is 0 Å². The van der Waals surface area contributed by atoms with Gasteiger partial charge in [-0.15, -0.1) is 0 Å². The van der Waals surface area contributed by atoms with Crippen molar-refractivity contribution < 1.29 is 9.53 Å². The van der Waals surface area contributed by atoms with Crippen molar-refractivity contribution in [3.63, 3.8) is 0 Å².